The van der Waals surface area contributed by atoms with Gasteiger partial charge in [-0.3, -0.25) is 4.79 Å². The van der Waals surface area contributed by atoms with Crippen LogP contribution in [-0.4, -0.2) is 57.3 Å². The molecule has 0 heterocycles. The largest absolute Gasteiger partial charge is 0.372 e. The second-order valence-electron chi connectivity index (χ2n) is 7.02. The van der Waals surface area contributed by atoms with Crippen LogP contribution < -0.4 is 27.4 Å². The SMILES string of the molecule is CC(OCc1ccccc1)[C@@H](N)C(=O)NCCCNCCCCNCCCN. The molecule has 160 valence electrons. The van der Waals surface area contributed by atoms with Crippen molar-refractivity contribution in [2.24, 2.45) is 11.5 Å². The third kappa shape index (κ3) is 12.0. The number of benzene rings is 1. The van der Waals surface area contributed by atoms with Crippen molar-refractivity contribution in [1.82, 2.24) is 16.0 Å². The second kappa shape index (κ2) is 16.4. The highest BCUT2D eigenvalue weighted by Crippen LogP contribution is 2.05. The van der Waals surface area contributed by atoms with Crippen molar-refractivity contribution in [2.45, 2.75) is 51.4 Å². The minimum atomic E-state index is -0.663. The van der Waals surface area contributed by atoms with Crippen molar-refractivity contribution in [3.05, 3.63) is 35.9 Å². The maximum atomic E-state index is 12.1. The van der Waals surface area contributed by atoms with Crippen LogP contribution in [-0.2, 0) is 16.1 Å². The number of unbranched alkanes of at least 4 members (excludes halogenated alkanes) is 1. The molecule has 0 saturated heterocycles. The first-order valence-corrected chi connectivity index (χ1v) is 10.5. The summed E-state index contributed by atoms with van der Waals surface area (Å²) in [5.74, 6) is -0.163. The summed E-state index contributed by atoms with van der Waals surface area (Å²) in [4.78, 5) is 12.1. The minimum Gasteiger partial charge on any atom is -0.372 e. The number of nitrogens with one attached hydrogen (secondary N) is 3. The van der Waals surface area contributed by atoms with Gasteiger partial charge in [-0.1, -0.05) is 30.3 Å². The Kier molecular flexibility index (Phi) is 14.4. The van der Waals surface area contributed by atoms with Crippen molar-refractivity contribution < 1.29 is 9.53 Å². The number of carbonyl (C=O) groups excluding carboxylic acids is 1. The fourth-order valence-electron chi connectivity index (χ4n) is 2.64. The van der Waals surface area contributed by atoms with Crippen LogP contribution in [0.2, 0.25) is 0 Å². The molecule has 1 rings (SSSR count). The van der Waals surface area contributed by atoms with E-state index in [1.807, 2.05) is 37.3 Å². The molecule has 7 heteroatoms. The molecule has 1 amide bonds. The Bertz CT molecular complexity index is 501. The van der Waals surface area contributed by atoms with Crippen LogP contribution >= 0.6 is 0 Å². The molecular formula is C21H39N5O2. The zero-order chi connectivity index (χ0) is 20.5. The van der Waals surface area contributed by atoms with Crippen molar-refractivity contribution in [3.8, 4) is 0 Å². The summed E-state index contributed by atoms with van der Waals surface area (Å²) in [6.45, 7) is 7.57. The lowest BCUT2D eigenvalue weighted by molar-refractivity contribution is -0.125. The summed E-state index contributed by atoms with van der Waals surface area (Å²) in [5.41, 5.74) is 12.5. The zero-order valence-electron chi connectivity index (χ0n) is 17.3. The highest BCUT2D eigenvalue weighted by atomic mass is 16.5. The van der Waals surface area contributed by atoms with E-state index in [1.54, 1.807) is 0 Å². The first-order valence-electron chi connectivity index (χ1n) is 10.5. The van der Waals surface area contributed by atoms with Gasteiger partial charge in [-0.25, -0.2) is 0 Å². The topological polar surface area (TPSA) is 114 Å². The smallest absolute Gasteiger partial charge is 0.239 e. The molecule has 1 aromatic rings. The molecule has 0 saturated carbocycles. The van der Waals surface area contributed by atoms with Crippen molar-refractivity contribution in [2.75, 3.05) is 39.3 Å². The Morgan fingerprint density at radius 3 is 2.21 bits per heavy atom. The average molecular weight is 394 g/mol. The lowest BCUT2D eigenvalue weighted by Gasteiger charge is -2.20. The lowest BCUT2D eigenvalue weighted by Crippen LogP contribution is -2.48. The van der Waals surface area contributed by atoms with Crippen LogP contribution in [0.1, 0.15) is 38.2 Å². The fraction of sp³-hybridized carbons (Fsp3) is 0.667. The van der Waals surface area contributed by atoms with Gasteiger partial charge in [0, 0.05) is 6.54 Å². The summed E-state index contributed by atoms with van der Waals surface area (Å²) in [5, 5.41) is 9.66. The maximum Gasteiger partial charge on any atom is 0.239 e. The van der Waals surface area contributed by atoms with Crippen molar-refractivity contribution in [1.29, 1.82) is 0 Å². The van der Waals surface area contributed by atoms with Crippen LogP contribution in [0.15, 0.2) is 30.3 Å². The van der Waals surface area contributed by atoms with E-state index < -0.39 is 6.04 Å². The van der Waals surface area contributed by atoms with E-state index in [4.69, 9.17) is 16.2 Å². The molecule has 0 aliphatic carbocycles. The molecule has 0 bridgehead atoms. The molecule has 0 aromatic heterocycles. The van der Waals surface area contributed by atoms with Gasteiger partial charge < -0.3 is 32.2 Å². The number of rotatable bonds is 17. The Morgan fingerprint density at radius 2 is 1.57 bits per heavy atom. The third-order valence-corrected chi connectivity index (χ3v) is 4.51. The van der Waals surface area contributed by atoms with Gasteiger partial charge in [-0.05, 0) is 70.9 Å². The molecule has 0 spiro atoms. The number of carbonyl (C=O) groups is 1. The number of hydrogen-bond acceptors (Lipinski definition) is 6. The van der Waals surface area contributed by atoms with E-state index in [9.17, 15) is 4.79 Å². The van der Waals surface area contributed by atoms with Gasteiger partial charge in [0.2, 0.25) is 5.91 Å². The molecular weight excluding hydrogens is 354 g/mol. The summed E-state index contributed by atoms with van der Waals surface area (Å²) in [6, 6.07) is 9.20. The van der Waals surface area contributed by atoms with Gasteiger partial charge in [0.15, 0.2) is 0 Å². The van der Waals surface area contributed by atoms with Gasteiger partial charge >= 0.3 is 0 Å². The third-order valence-electron chi connectivity index (χ3n) is 4.51. The van der Waals surface area contributed by atoms with Crippen molar-refractivity contribution in [3.63, 3.8) is 0 Å². The average Bonchev–Trinajstić information content (AvgIpc) is 2.72. The molecule has 2 atom stereocenters. The van der Waals surface area contributed by atoms with E-state index >= 15 is 0 Å². The van der Waals surface area contributed by atoms with Crippen LogP contribution in [0.4, 0.5) is 0 Å². The summed E-state index contributed by atoms with van der Waals surface area (Å²) >= 11 is 0. The highest BCUT2D eigenvalue weighted by molar-refractivity contribution is 5.82. The maximum absolute atomic E-state index is 12.1. The van der Waals surface area contributed by atoms with E-state index in [0.29, 0.717) is 13.2 Å². The van der Waals surface area contributed by atoms with Crippen molar-refractivity contribution >= 4 is 5.91 Å². The second-order valence-corrected chi connectivity index (χ2v) is 7.02. The quantitative estimate of drug-likeness (QED) is 0.249. The molecule has 0 radical (unpaired) electrons. The Labute approximate surface area is 170 Å². The number of nitrogens with two attached hydrogens (primary N) is 2. The highest BCUT2D eigenvalue weighted by Gasteiger charge is 2.21. The Morgan fingerprint density at radius 1 is 0.964 bits per heavy atom. The molecule has 1 unspecified atom stereocenters. The zero-order valence-corrected chi connectivity index (χ0v) is 17.3. The van der Waals surface area contributed by atoms with Gasteiger partial charge in [0.25, 0.3) is 0 Å². The van der Waals surface area contributed by atoms with Crippen LogP contribution in [0.5, 0.6) is 0 Å². The van der Waals surface area contributed by atoms with Crippen LogP contribution in [0, 0.1) is 0 Å². The summed E-state index contributed by atoms with van der Waals surface area (Å²) < 4.78 is 5.71. The Hall–Kier alpha value is -1.51. The van der Waals surface area contributed by atoms with Crippen LogP contribution in [0.25, 0.3) is 0 Å². The normalized spacial score (nSPS) is 13.2. The lowest BCUT2D eigenvalue weighted by atomic mass is 10.1. The standard InChI is InChI=1S/C21H39N5O2/c1-18(28-17-19-9-3-2-4-10-19)20(23)21(27)26-16-8-15-25-13-6-5-12-24-14-7-11-22/h2-4,9-10,18,20,24-25H,5-8,11-17,22-23H2,1H3,(H,26,27)/t18?,20-/m1/s1. The molecule has 7 N–H and O–H groups in total. The monoisotopic (exact) mass is 393 g/mol. The fourth-order valence-corrected chi connectivity index (χ4v) is 2.64. The summed E-state index contributed by atoms with van der Waals surface area (Å²) in [6.07, 6.45) is 3.88. The molecule has 28 heavy (non-hydrogen) atoms. The van der Waals surface area contributed by atoms with E-state index in [0.717, 1.165) is 64.0 Å². The first-order chi connectivity index (χ1) is 13.6. The first kappa shape index (κ1) is 24.5. The molecule has 7 nitrogen and oxygen atoms in total. The predicted octanol–water partition coefficient (Wildman–Crippen LogP) is 0.734. The molecule has 1 aromatic carbocycles. The van der Waals surface area contributed by atoms with Gasteiger partial charge in [-0.2, -0.15) is 0 Å². The molecule has 0 aliphatic rings. The van der Waals surface area contributed by atoms with Crippen LogP contribution in [0.3, 0.4) is 0 Å². The van der Waals surface area contributed by atoms with Gasteiger partial charge in [0.05, 0.1) is 12.7 Å². The number of hydrogen-bond donors (Lipinski definition) is 5. The van der Waals surface area contributed by atoms with E-state index in [-0.39, 0.29) is 12.0 Å². The number of ether oxygens (including phenoxy) is 1. The predicted molar refractivity (Wildman–Crippen MR) is 115 cm³/mol. The number of amides is 1. The molecule has 0 aliphatic heterocycles. The van der Waals surface area contributed by atoms with E-state index in [2.05, 4.69) is 16.0 Å². The molecule has 0 fully saturated rings. The van der Waals surface area contributed by atoms with Gasteiger partial charge in [-0.15, -0.1) is 0 Å². The Balaban J connectivity index is 1.97. The van der Waals surface area contributed by atoms with E-state index in [1.165, 1.54) is 0 Å². The van der Waals surface area contributed by atoms with Gasteiger partial charge in [0.1, 0.15) is 6.04 Å². The summed E-state index contributed by atoms with van der Waals surface area (Å²) in [7, 11) is 0. The minimum absolute atomic E-state index is 0.163.